The van der Waals surface area contributed by atoms with E-state index >= 15 is 0 Å². The summed E-state index contributed by atoms with van der Waals surface area (Å²) in [5.74, 6) is -1.24. The Kier molecular flexibility index (Phi) is 10.6. The zero-order chi connectivity index (χ0) is 30.3. The van der Waals surface area contributed by atoms with E-state index in [0.717, 1.165) is 11.1 Å². The Morgan fingerprint density at radius 1 is 1.14 bits per heavy atom. The maximum atomic E-state index is 14.0. The molecule has 5 atom stereocenters. The zero-order valence-corrected chi connectivity index (χ0v) is 25.1. The lowest BCUT2D eigenvalue weighted by Crippen LogP contribution is -2.52. The van der Waals surface area contributed by atoms with E-state index in [9.17, 15) is 14.4 Å². The van der Waals surface area contributed by atoms with Gasteiger partial charge < -0.3 is 29.2 Å². The van der Waals surface area contributed by atoms with Gasteiger partial charge in [0.1, 0.15) is 24.8 Å². The standard InChI is InChI=1S/C31H38ClN3O7/c1-20(33-3)29(37)42-26(21(2)40-18-22-10-6-5-7-11-22)28(36)35-15-9-14-25(35)27-34-31(19-41-27,30(38)39-4)17-23-12-8-13-24(32)16-23/h5-8,10-13,16,20-21,25-26,33H,9,14-15,17-19H2,1-4H3/t20-,21?,25?,26-,31+/m0/s1. The lowest BCUT2D eigenvalue weighted by atomic mass is 9.92. The number of nitrogens with one attached hydrogen (secondary N) is 1. The van der Waals surface area contributed by atoms with Crippen molar-refractivity contribution in [3.05, 3.63) is 70.7 Å². The smallest absolute Gasteiger partial charge is 0.337 e. The maximum Gasteiger partial charge on any atom is 0.337 e. The Hall–Kier alpha value is -3.47. The van der Waals surface area contributed by atoms with E-state index in [1.165, 1.54) is 7.11 Å². The number of carbonyl (C=O) groups excluding carboxylic acids is 3. The Labute approximate surface area is 251 Å². The molecule has 11 heteroatoms. The van der Waals surface area contributed by atoms with Crippen molar-refractivity contribution >= 4 is 35.3 Å². The molecule has 2 heterocycles. The molecule has 0 saturated carbocycles. The van der Waals surface area contributed by atoms with Crippen LogP contribution in [-0.2, 0) is 46.4 Å². The number of amides is 1. The van der Waals surface area contributed by atoms with Gasteiger partial charge >= 0.3 is 11.9 Å². The molecule has 1 fully saturated rings. The molecule has 4 rings (SSSR count). The van der Waals surface area contributed by atoms with E-state index in [1.54, 1.807) is 44.0 Å². The molecular weight excluding hydrogens is 562 g/mol. The molecule has 1 saturated heterocycles. The van der Waals surface area contributed by atoms with Crippen LogP contribution in [-0.4, -0.2) is 85.8 Å². The lowest BCUT2D eigenvalue weighted by molar-refractivity contribution is -0.171. The molecule has 0 radical (unpaired) electrons. The normalized spacial score (nSPS) is 22.1. The molecule has 10 nitrogen and oxygen atoms in total. The van der Waals surface area contributed by atoms with Crippen molar-refractivity contribution in [1.82, 2.24) is 10.2 Å². The molecular formula is C31H38ClN3O7. The Balaban J connectivity index is 1.57. The second kappa shape index (κ2) is 14.1. The number of esters is 2. The largest absolute Gasteiger partial charge is 0.476 e. The van der Waals surface area contributed by atoms with Gasteiger partial charge in [0.25, 0.3) is 5.91 Å². The number of nitrogens with zero attached hydrogens (tertiary/aromatic N) is 2. The molecule has 0 bridgehead atoms. The van der Waals surface area contributed by atoms with E-state index in [0.29, 0.717) is 24.4 Å². The fourth-order valence-corrected chi connectivity index (χ4v) is 5.33. The van der Waals surface area contributed by atoms with Gasteiger partial charge in [0, 0.05) is 18.0 Å². The van der Waals surface area contributed by atoms with Gasteiger partial charge in [-0.25, -0.2) is 9.79 Å². The Bertz CT molecular complexity index is 1290. The summed E-state index contributed by atoms with van der Waals surface area (Å²) >= 11 is 6.18. The monoisotopic (exact) mass is 599 g/mol. The van der Waals surface area contributed by atoms with Crippen LogP contribution in [0.5, 0.6) is 0 Å². The summed E-state index contributed by atoms with van der Waals surface area (Å²) in [6.07, 6.45) is -0.458. The van der Waals surface area contributed by atoms with Gasteiger partial charge in [-0.2, -0.15) is 0 Å². The summed E-state index contributed by atoms with van der Waals surface area (Å²) in [7, 11) is 2.95. The number of likely N-dealkylation sites (tertiary alicyclic amines) is 1. The van der Waals surface area contributed by atoms with Crippen LogP contribution < -0.4 is 5.32 Å². The van der Waals surface area contributed by atoms with E-state index < -0.39 is 47.7 Å². The highest BCUT2D eigenvalue weighted by atomic mass is 35.5. The van der Waals surface area contributed by atoms with Crippen molar-refractivity contribution in [1.29, 1.82) is 0 Å². The van der Waals surface area contributed by atoms with Gasteiger partial charge in [-0.15, -0.1) is 0 Å². The topological polar surface area (TPSA) is 116 Å². The number of ether oxygens (including phenoxy) is 4. The average molecular weight is 600 g/mol. The first-order valence-electron chi connectivity index (χ1n) is 14.1. The first kappa shape index (κ1) is 31.5. The third-order valence-corrected chi connectivity index (χ3v) is 7.85. The number of likely N-dealkylation sites (N-methyl/N-ethyl adjacent to an activating group) is 1. The number of methoxy groups -OCH3 is 1. The highest BCUT2D eigenvalue weighted by molar-refractivity contribution is 6.30. The minimum absolute atomic E-state index is 0.0330. The van der Waals surface area contributed by atoms with Crippen LogP contribution in [0.25, 0.3) is 0 Å². The summed E-state index contributed by atoms with van der Waals surface area (Å²) in [5.41, 5.74) is 0.416. The predicted molar refractivity (Wildman–Crippen MR) is 157 cm³/mol. The summed E-state index contributed by atoms with van der Waals surface area (Å²) < 4.78 is 22.9. The molecule has 2 unspecified atom stereocenters. The van der Waals surface area contributed by atoms with Gasteiger partial charge in [0.15, 0.2) is 5.54 Å². The number of hydrogen-bond donors (Lipinski definition) is 1. The quantitative estimate of drug-likeness (QED) is 0.369. The van der Waals surface area contributed by atoms with E-state index in [4.69, 9.17) is 35.5 Å². The number of halogens is 1. The Morgan fingerprint density at radius 3 is 2.57 bits per heavy atom. The van der Waals surface area contributed by atoms with E-state index in [-0.39, 0.29) is 25.5 Å². The van der Waals surface area contributed by atoms with Crippen LogP contribution in [0.15, 0.2) is 59.6 Å². The second-order valence-corrected chi connectivity index (χ2v) is 11.1. The first-order chi connectivity index (χ1) is 20.2. The number of aliphatic imine (C=N–C) groups is 1. The average Bonchev–Trinajstić information content (AvgIpc) is 3.66. The summed E-state index contributed by atoms with van der Waals surface area (Å²) in [6, 6.07) is 15.6. The fraction of sp³-hybridized carbons (Fsp3) is 0.484. The number of rotatable bonds is 12. The van der Waals surface area contributed by atoms with Gasteiger partial charge in [-0.1, -0.05) is 54.1 Å². The van der Waals surface area contributed by atoms with Crippen LogP contribution in [0.1, 0.15) is 37.8 Å². The number of hydrogen-bond acceptors (Lipinski definition) is 9. The summed E-state index contributed by atoms with van der Waals surface area (Å²) in [5, 5.41) is 3.39. The minimum Gasteiger partial charge on any atom is -0.476 e. The molecule has 2 aliphatic rings. The van der Waals surface area contributed by atoms with Crippen LogP contribution in [0, 0.1) is 0 Å². The Morgan fingerprint density at radius 2 is 1.88 bits per heavy atom. The maximum absolute atomic E-state index is 14.0. The van der Waals surface area contributed by atoms with Crippen molar-refractivity contribution in [2.75, 3.05) is 27.3 Å². The van der Waals surface area contributed by atoms with Crippen molar-refractivity contribution in [2.24, 2.45) is 4.99 Å². The van der Waals surface area contributed by atoms with Gasteiger partial charge in [0.2, 0.25) is 12.0 Å². The highest BCUT2D eigenvalue weighted by Crippen LogP contribution is 2.32. The minimum atomic E-state index is -1.31. The molecule has 0 spiro atoms. The van der Waals surface area contributed by atoms with Crippen LogP contribution in [0.4, 0.5) is 0 Å². The number of benzene rings is 2. The SMILES string of the molecule is CN[C@@H](C)C(=O)O[C@H](C(=O)N1CCCC1C1=N[C@@](Cc2cccc(Cl)c2)(C(=O)OC)CO1)C(C)OCc1ccccc1. The molecule has 226 valence electrons. The molecule has 2 aliphatic heterocycles. The molecule has 0 aliphatic carbocycles. The molecule has 0 aromatic heterocycles. The summed E-state index contributed by atoms with van der Waals surface area (Å²) in [6.45, 7) is 3.99. The third kappa shape index (κ3) is 7.29. The van der Waals surface area contributed by atoms with Gasteiger partial charge in [-0.05, 0) is 57.0 Å². The third-order valence-electron chi connectivity index (χ3n) is 7.61. The highest BCUT2D eigenvalue weighted by Gasteiger charge is 2.49. The van der Waals surface area contributed by atoms with Crippen LogP contribution >= 0.6 is 11.6 Å². The molecule has 42 heavy (non-hydrogen) atoms. The summed E-state index contributed by atoms with van der Waals surface area (Å²) in [4.78, 5) is 46.2. The number of carbonyl (C=O) groups is 3. The van der Waals surface area contributed by atoms with Crippen LogP contribution in [0.3, 0.4) is 0 Å². The molecule has 2 aromatic rings. The fourth-order valence-electron chi connectivity index (χ4n) is 5.11. The second-order valence-electron chi connectivity index (χ2n) is 10.6. The van der Waals surface area contributed by atoms with Crippen LogP contribution in [0.2, 0.25) is 5.02 Å². The lowest BCUT2D eigenvalue weighted by Gasteiger charge is -2.31. The van der Waals surface area contributed by atoms with Crippen molar-refractivity contribution < 1.29 is 33.3 Å². The molecule has 1 amide bonds. The van der Waals surface area contributed by atoms with Crippen molar-refractivity contribution in [3.63, 3.8) is 0 Å². The predicted octanol–water partition coefficient (Wildman–Crippen LogP) is 3.34. The van der Waals surface area contributed by atoms with E-state index in [2.05, 4.69) is 5.32 Å². The van der Waals surface area contributed by atoms with Gasteiger partial charge in [-0.3, -0.25) is 9.59 Å². The van der Waals surface area contributed by atoms with E-state index in [1.807, 2.05) is 36.4 Å². The molecule has 2 aromatic carbocycles. The zero-order valence-electron chi connectivity index (χ0n) is 24.4. The van der Waals surface area contributed by atoms with Crippen molar-refractivity contribution in [3.8, 4) is 0 Å². The first-order valence-corrected chi connectivity index (χ1v) is 14.4. The van der Waals surface area contributed by atoms with Gasteiger partial charge in [0.05, 0.1) is 13.7 Å². The van der Waals surface area contributed by atoms with Crippen molar-refractivity contribution in [2.45, 2.75) is 69.5 Å². The molecule has 1 N–H and O–H groups in total.